The van der Waals surface area contributed by atoms with Gasteiger partial charge in [0.25, 0.3) is 0 Å². The van der Waals surface area contributed by atoms with E-state index in [1.165, 1.54) is 52.3 Å². The number of carbonyl (C=O) groups excluding carboxylic acids is 1. The second kappa shape index (κ2) is 10.7. The van der Waals surface area contributed by atoms with Crippen molar-refractivity contribution in [3.05, 3.63) is 23.9 Å². The van der Waals surface area contributed by atoms with Gasteiger partial charge in [0.1, 0.15) is 0 Å². The molecular formula is C26H43ClN2O2. The fourth-order valence-electron chi connectivity index (χ4n) is 5.96. The molecule has 0 aromatic rings. The lowest BCUT2D eigenvalue weighted by atomic mass is 9.64. The lowest BCUT2D eigenvalue weighted by Crippen LogP contribution is -2.53. The summed E-state index contributed by atoms with van der Waals surface area (Å²) in [5.41, 5.74) is 1.48. The third-order valence-electron chi connectivity index (χ3n) is 7.88. The molecule has 0 radical (unpaired) electrons. The van der Waals surface area contributed by atoms with E-state index in [2.05, 4.69) is 44.0 Å². The molecule has 1 saturated heterocycles. The van der Waals surface area contributed by atoms with Crippen molar-refractivity contribution in [2.24, 2.45) is 29.1 Å². The van der Waals surface area contributed by atoms with Gasteiger partial charge in [-0.05, 0) is 74.3 Å². The summed E-state index contributed by atoms with van der Waals surface area (Å²) >= 11 is 6.37. The molecule has 0 aromatic heterocycles. The van der Waals surface area contributed by atoms with E-state index in [1.807, 2.05) is 12.2 Å². The predicted molar refractivity (Wildman–Crippen MR) is 129 cm³/mol. The summed E-state index contributed by atoms with van der Waals surface area (Å²) in [6.07, 6.45) is 13.2. The predicted octanol–water partition coefficient (Wildman–Crippen LogP) is 5.38. The highest BCUT2D eigenvalue weighted by Gasteiger charge is 2.41. The molecule has 1 unspecified atom stereocenters. The van der Waals surface area contributed by atoms with E-state index in [9.17, 15) is 4.79 Å². The number of nitrogens with one attached hydrogen (secondary N) is 1. The summed E-state index contributed by atoms with van der Waals surface area (Å²) < 4.78 is 4.87. The minimum absolute atomic E-state index is 0.151. The smallest absolute Gasteiger partial charge is 0.312 e. The van der Waals surface area contributed by atoms with Crippen LogP contribution in [0.4, 0.5) is 0 Å². The first kappa shape index (κ1) is 24.6. The fourth-order valence-corrected chi connectivity index (χ4v) is 6.22. The Balaban J connectivity index is 1.55. The van der Waals surface area contributed by atoms with E-state index < -0.39 is 0 Å². The topological polar surface area (TPSA) is 41.6 Å². The van der Waals surface area contributed by atoms with Crippen molar-refractivity contribution >= 4 is 17.6 Å². The monoisotopic (exact) mass is 450 g/mol. The molecule has 1 N–H and O–H groups in total. The molecule has 0 aromatic carbocycles. The first-order valence-corrected chi connectivity index (χ1v) is 12.7. The minimum Gasteiger partial charge on any atom is -0.469 e. The van der Waals surface area contributed by atoms with Gasteiger partial charge in [-0.3, -0.25) is 4.79 Å². The van der Waals surface area contributed by atoms with Gasteiger partial charge in [0.15, 0.2) is 0 Å². The van der Waals surface area contributed by atoms with Crippen LogP contribution in [-0.4, -0.2) is 49.0 Å². The van der Waals surface area contributed by atoms with Crippen LogP contribution in [0.1, 0.15) is 66.2 Å². The molecule has 0 amide bonds. The number of allylic oxidation sites excluding steroid dienone is 2. The Kier molecular flexibility index (Phi) is 8.54. The molecule has 3 aliphatic rings. The van der Waals surface area contributed by atoms with E-state index in [4.69, 9.17) is 16.3 Å². The van der Waals surface area contributed by atoms with Crippen molar-refractivity contribution < 1.29 is 9.53 Å². The number of alkyl halides is 1. The highest BCUT2D eigenvalue weighted by Crippen LogP contribution is 2.45. The first-order valence-electron chi connectivity index (χ1n) is 12.3. The second-order valence-electron chi connectivity index (χ2n) is 11.0. The number of piperidine rings is 1. The summed E-state index contributed by atoms with van der Waals surface area (Å²) in [7, 11) is 1.45. The molecule has 31 heavy (non-hydrogen) atoms. The quantitative estimate of drug-likeness (QED) is 0.417. The van der Waals surface area contributed by atoms with Crippen LogP contribution in [0.2, 0.25) is 0 Å². The molecule has 0 spiro atoms. The van der Waals surface area contributed by atoms with Gasteiger partial charge in [0, 0.05) is 30.2 Å². The van der Waals surface area contributed by atoms with Crippen LogP contribution in [0.25, 0.3) is 0 Å². The van der Waals surface area contributed by atoms with E-state index >= 15 is 0 Å². The highest BCUT2D eigenvalue weighted by atomic mass is 35.5. The van der Waals surface area contributed by atoms with Crippen molar-refractivity contribution in [3.63, 3.8) is 0 Å². The Morgan fingerprint density at radius 1 is 1.26 bits per heavy atom. The molecule has 0 bridgehead atoms. The van der Waals surface area contributed by atoms with E-state index in [0.717, 1.165) is 24.1 Å². The van der Waals surface area contributed by atoms with Gasteiger partial charge in [0.05, 0.1) is 13.0 Å². The van der Waals surface area contributed by atoms with Crippen LogP contribution in [0.5, 0.6) is 0 Å². The molecule has 3 atom stereocenters. The molecule has 5 heteroatoms. The maximum absolute atomic E-state index is 11.7. The zero-order valence-corrected chi connectivity index (χ0v) is 21.0. The number of methoxy groups -OCH3 is 1. The Morgan fingerprint density at radius 3 is 2.52 bits per heavy atom. The van der Waals surface area contributed by atoms with Crippen molar-refractivity contribution in [3.8, 4) is 0 Å². The number of carbonyl (C=O) groups is 1. The number of hydrogen-bond donors (Lipinski definition) is 1. The minimum atomic E-state index is -0.156. The third kappa shape index (κ3) is 6.51. The SMILES string of the molecule is COC(=O)C1C=CC(N[C@@H](CN2CC[C@H](C3CCC(Cl)CC3)C(C)(C)C2)C(C)C)=CC1. The zero-order valence-electron chi connectivity index (χ0n) is 20.2. The third-order valence-corrected chi connectivity index (χ3v) is 8.31. The van der Waals surface area contributed by atoms with Crippen molar-refractivity contribution in [2.75, 3.05) is 26.7 Å². The number of esters is 1. The number of likely N-dealkylation sites (tertiary alicyclic amines) is 1. The van der Waals surface area contributed by atoms with Crippen LogP contribution >= 0.6 is 11.6 Å². The molecule has 3 rings (SSSR count). The van der Waals surface area contributed by atoms with Gasteiger partial charge < -0.3 is 15.0 Å². The normalized spacial score (nSPS) is 32.4. The van der Waals surface area contributed by atoms with Gasteiger partial charge in [-0.1, -0.05) is 39.8 Å². The average Bonchev–Trinajstić information content (AvgIpc) is 2.73. The maximum atomic E-state index is 11.7. The summed E-state index contributed by atoms with van der Waals surface area (Å²) in [6, 6.07) is 0.393. The van der Waals surface area contributed by atoms with E-state index in [1.54, 1.807) is 0 Å². The Hall–Kier alpha value is -1.00. The van der Waals surface area contributed by atoms with Gasteiger partial charge in [-0.15, -0.1) is 11.6 Å². The van der Waals surface area contributed by atoms with Crippen LogP contribution in [0, 0.1) is 29.1 Å². The molecule has 176 valence electrons. The largest absolute Gasteiger partial charge is 0.469 e. The van der Waals surface area contributed by atoms with Crippen molar-refractivity contribution in [1.29, 1.82) is 0 Å². The molecule has 1 saturated carbocycles. The van der Waals surface area contributed by atoms with Gasteiger partial charge in [-0.25, -0.2) is 0 Å². The highest BCUT2D eigenvalue weighted by molar-refractivity contribution is 6.20. The zero-order chi connectivity index (χ0) is 22.6. The fraction of sp³-hybridized carbons (Fsp3) is 0.808. The standard InChI is InChI=1S/C26H43ClN2O2/c1-18(2)24(28-22-12-8-20(9-13-22)25(30)31-5)16-29-15-14-23(26(3,4)17-29)19-6-10-21(27)11-7-19/h8,12-13,18-21,23-24,28H,6-7,9-11,14-17H2,1-5H3/t19?,20?,21?,23-,24+/m1/s1. The number of halogens is 1. The lowest BCUT2D eigenvalue weighted by Gasteiger charge is -2.49. The number of nitrogens with zero attached hydrogens (tertiary/aromatic N) is 1. The molecule has 2 fully saturated rings. The number of rotatable bonds is 7. The average molecular weight is 451 g/mol. The number of ether oxygens (including phenoxy) is 1. The van der Waals surface area contributed by atoms with Crippen LogP contribution in [-0.2, 0) is 9.53 Å². The Bertz CT molecular complexity index is 664. The molecule has 1 aliphatic heterocycles. The maximum Gasteiger partial charge on any atom is 0.312 e. The van der Waals surface area contributed by atoms with Gasteiger partial charge in [0.2, 0.25) is 0 Å². The van der Waals surface area contributed by atoms with Crippen molar-refractivity contribution in [2.45, 2.75) is 77.6 Å². The molecular weight excluding hydrogens is 408 g/mol. The summed E-state index contributed by atoms with van der Waals surface area (Å²) in [5.74, 6) is 1.90. The van der Waals surface area contributed by atoms with Gasteiger partial charge >= 0.3 is 5.97 Å². The molecule has 1 heterocycles. The van der Waals surface area contributed by atoms with Crippen LogP contribution < -0.4 is 5.32 Å². The second-order valence-corrected chi connectivity index (χ2v) is 11.6. The summed E-state index contributed by atoms with van der Waals surface area (Å²) in [6.45, 7) is 13.0. The molecule has 2 aliphatic carbocycles. The lowest BCUT2D eigenvalue weighted by molar-refractivity contribution is -0.143. The number of hydrogen-bond acceptors (Lipinski definition) is 4. The first-order chi connectivity index (χ1) is 14.7. The van der Waals surface area contributed by atoms with Crippen LogP contribution in [0.15, 0.2) is 23.9 Å². The Labute approximate surface area is 194 Å². The summed E-state index contributed by atoms with van der Waals surface area (Å²) in [4.78, 5) is 14.4. The van der Waals surface area contributed by atoms with E-state index in [0.29, 0.717) is 29.2 Å². The molecule has 4 nitrogen and oxygen atoms in total. The van der Waals surface area contributed by atoms with E-state index in [-0.39, 0.29) is 11.9 Å². The van der Waals surface area contributed by atoms with Crippen molar-refractivity contribution in [1.82, 2.24) is 10.2 Å². The Morgan fingerprint density at radius 2 is 1.97 bits per heavy atom. The van der Waals surface area contributed by atoms with Gasteiger partial charge in [-0.2, -0.15) is 0 Å². The van der Waals surface area contributed by atoms with Crippen LogP contribution in [0.3, 0.4) is 0 Å². The summed E-state index contributed by atoms with van der Waals surface area (Å²) in [5, 5.41) is 4.16.